The fourth-order valence-corrected chi connectivity index (χ4v) is 1.77. The molecule has 1 rings (SSSR count). The zero-order chi connectivity index (χ0) is 18.5. The predicted octanol–water partition coefficient (Wildman–Crippen LogP) is 4.28. The normalized spacial score (nSPS) is 13.4. The van der Waals surface area contributed by atoms with Crippen molar-refractivity contribution in [2.24, 2.45) is 0 Å². The molecule has 3 nitrogen and oxygen atoms in total. The van der Waals surface area contributed by atoms with Crippen LogP contribution in [0.5, 0.6) is 5.75 Å². The molecule has 1 aromatic carbocycles. The number of benzene rings is 1. The van der Waals surface area contributed by atoms with Crippen molar-refractivity contribution in [1.29, 1.82) is 0 Å². The number of aliphatic hydroxyl groups is 1. The third-order valence-corrected chi connectivity index (χ3v) is 2.91. The first-order valence-corrected chi connectivity index (χ1v) is 6.87. The van der Waals surface area contributed by atoms with E-state index in [4.69, 9.17) is 0 Å². The molecule has 0 bridgehead atoms. The van der Waals surface area contributed by atoms with Gasteiger partial charge in [0.25, 0.3) is 0 Å². The molecule has 0 amide bonds. The predicted molar refractivity (Wildman–Crippen MR) is 76.8 cm³/mol. The van der Waals surface area contributed by atoms with Gasteiger partial charge in [-0.2, -0.15) is 13.2 Å². The van der Waals surface area contributed by atoms with Crippen molar-refractivity contribution in [3.05, 3.63) is 35.9 Å². The van der Waals surface area contributed by atoms with Crippen LogP contribution in [0.3, 0.4) is 0 Å². The van der Waals surface area contributed by atoms with Gasteiger partial charge in [0, 0.05) is 18.3 Å². The highest BCUT2D eigenvalue weighted by Crippen LogP contribution is 2.28. The number of halogens is 6. The van der Waals surface area contributed by atoms with E-state index in [1.807, 2.05) is 0 Å². The van der Waals surface area contributed by atoms with E-state index in [-0.39, 0.29) is 12.2 Å². The summed E-state index contributed by atoms with van der Waals surface area (Å²) in [6, 6.07) is 4.57. The van der Waals surface area contributed by atoms with Gasteiger partial charge in [0.15, 0.2) is 6.10 Å². The number of hydrogen-bond donors (Lipinski definition) is 1. The molecular formula is C15H17F6NO2. The number of hydrogen-bond acceptors (Lipinski definition) is 3. The number of allylic oxidation sites excluding steroid dienone is 1. The monoisotopic (exact) mass is 357 g/mol. The van der Waals surface area contributed by atoms with Crippen molar-refractivity contribution < 1.29 is 36.2 Å². The van der Waals surface area contributed by atoms with Gasteiger partial charge >= 0.3 is 12.5 Å². The van der Waals surface area contributed by atoms with E-state index in [2.05, 4.69) is 4.74 Å². The largest absolute Gasteiger partial charge is 0.573 e. The number of anilines is 1. The standard InChI is InChI=1S/C15H17F6NO2/c1-10(2)6-7-22(9-13(23)14(16,17)18)11-4-3-5-12(8-11)24-15(19,20)21/h3-6,8,13,23H,7,9H2,1-2H3. The highest BCUT2D eigenvalue weighted by molar-refractivity contribution is 5.51. The zero-order valence-corrected chi connectivity index (χ0v) is 12.9. The Morgan fingerprint density at radius 2 is 1.83 bits per heavy atom. The van der Waals surface area contributed by atoms with Gasteiger partial charge in [-0.1, -0.05) is 17.7 Å². The van der Waals surface area contributed by atoms with E-state index >= 15 is 0 Å². The fraction of sp³-hybridized carbons (Fsp3) is 0.467. The average Bonchev–Trinajstić information content (AvgIpc) is 2.40. The van der Waals surface area contributed by atoms with Crippen LogP contribution in [-0.2, 0) is 0 Å². The third kappa shape index (κ3) is 7.12. The van der Waals surface area contributed by atoms with Gasteiger partial charge < -0.3 is 14.7 Å². The minimum absolute atomic E-state index is 0.00898. The van der Waals surface area contributed by atoms with Crippen molar-refractivity contribution >= 4 is 5.69 Å². The van der Waals surface area contributed by atoms with Gasteiger partial charge in [-0.05, 0) is 26.0 Å². The van der Waals surface area contributed by atoms with E-state index in [0.29, 0.717) is 0 Å². The van der Waals surface area contributed by atoms with E-state index in [1.165, 1.54) is 12.1 Å². The average molecular weight is 357 g/mol. The lowest BCUT2D eigenvalue weighted by molar-refractivity contribution is -0.274. The molecule has 0 saturated heterocycles. The molecule has 1 unspecified atom stereocenters. The van der Waals surface area contributed by atoms with Crippen molar-refractivity contribution in [3.63, 3.8) is 0 Å². The Labute approximate surface area is 135 Å². The minimum atomic E-state index is -4.91. The summed E-state index contributed by atoms with van der Waals surface area (Å²) < 4.78 is 78.2. The van der Waals surface area contributed by atoms with Crippen LogP contribution in [0.1, 0.15) is 13.8 Å². The first kappa shape index (κ1) is 20.1. The SMILES string of the molecule is CC(C)=CCN(CC(O)C(F)(F)F)c1cccc(OC(F)(F)F)c1. The fourth-order valence-electron chi connectivity index (χ4n) is 1.77. The van der Waals surface area contributed by atoms with Gasteiger partial charge in [0.05, 0.1) is 6.54 Å². The lowest BCUT2D eigenvalue weighted by Gasteiger charge is -2.27. The molecule has 0 fully saturated rings. The number of rotatable bonds is 6. The Kier molecular flexibility index (Phi) is 6.53. The quantitative estimate of drug-likeness (QED) is 0.609. The summed E-state index contributed by atoms with van der Waals surface area (Å²) in [5, 5.41) is 9.24. The molecule has 0 saturated carbocycles. The summed E-state index contributed by atoms with van der Waals surface area (Å²) in [6.07, 6.45) is -10.8. The second kappa shape index (κ2) is 7.78. The summed E-state index contributed by atoms with van der Waals surface area (Å²) in [5.41, 5.74) is 0.877. The molecule has 0 aliphatic heterocycles. The second-order valence-corrected chi connectivity index (χ2v) is 5.29. The molecular weight excluding hydrogens is 340 g/mol. The van der Waals surface area contributed by atoms with Crippen LogP contribution >= 0.6 is 0 Å². The Morgan fingerprint density at radius 3 is 2.33 bits per heavy atom. The molecule has 24 heavy (non-hydrogen) atoms. The van der Waals surface area contributed by atoms with Gasteiger partial charge in [-0.25, -0.2) is 0 Å². The lowest BCUT2D eigenvalue weighted by Crippen LogP contribution is -2.41. The van der Waals surface area contributed by atoms with Crippen LogP contribution in [0.15, 0.2) is 35.9 Å². The number of nitrogens with zero attached hydrogens (tertiary/aromatic N) is 1. The van der Waals surface area contributed by atoms with Crippen LogP contribution in [0, 0.1) is 0 Å². The van der Waals surface area contributed by atoms with Crippen LogP contribution in [-0.4, -0.2) is 36.8 Å². The van der Waals surface area contributed by atoms with Gasteiger partial charge in [-0.3, -0.25) is 0 Å². The number of alkyl halides is 6. The van der Waals surface area contributed by atoms with E-state index in [9.17, 15) is 31.4 Å². The van der Waals surface area contributed by atoms with E-state index in [1.54, 1.807) is 19.9 Å². The maximum atomic E-state index is 12.6. The maximum absolute atomic E-state index is 12.6. The first-order valence-electron chi connectivity index (χ1n) is 6.87. The van der Waals surface area contributed by atoms with Crippen molar-refractivity contribution in [1.82, 2.24) is 0 Å². The van der Waals surface area contributed by atoms with E-state index in [0.717, 1.165) is 22.6 Å². The third-order valence-electron chi connectivity index (χ3n) is 2.91. The second-order valence-electron chi connectivity index (χ2n) is 5.29. The van der Waals surface area contributed by atoms with Gasteiger partial charge in [-0.15, -0.1) is 13.2 Å². The molecule has 1 atom stereocenters. The summed E-state index contributed by atoms with van der Waals surface area (Å²) >= 11 is 0. The summed E-state index contributed by atoms with van der Waals surface area (Å²) in [6.45, 7) is 2.62. The molecule has 0 spiro atoms. The number of ether oxygens (including phenoxy) is 1. The van der Waals surface area contributed by atoms with E-state index < -0.39 is 30.9 Å². The Morgan fingerprint density at radius 1 is 1.21 bits per heavy atom. The molecule has 0 aliphatic carbocycles. The Balaban J connectivity index is 3.05. The summed E-state index contributed by atoms with van der Waals surface area (Å²) in [7, 11) is 0. The molecule has 0 radical (unpaired) electrons. The maximum Gasteiger partial charge on any atom is 0.573 e. The number of aliphatic hydroxyl groups excluding tert-OH is 1. The topological polar surface area (TPSA) is 32.7 Å². The molecule has 1 N–H and O–H groups in total. The molecule has 136 valence electrons. The van der Waals surface area contributed by atoms with Crippen LogP contribution in [0.2, 0.25) is 0 Å². The van der Waals surface area contributed by atoms with Crippen LogP contribution in [0.25, 0.3) is 0 Å². The van der Waals surface area contributed by atoms with Crippen molar-refractivity contribution in [2.75, 3.05) is 18.0 Å². The lowest BCUT2D eigenvalue weighted by atomic mass is 10.2. The van der Waals surface area contributed by atoms with Crippen molar-refractivity contribution in [2.45, 2.75) is 32.5 Å². The highest BCUT2D eigenvalue weighted by atomic mass is 19.4. The van der Waals surface area contributed by atoms with Gasteiger partial charge in [0.1, 0.15) is 5.75 Å². The smallest absolute Gasteiger partial charge is 0.406 e. The zero-order valence-electron chi connectivity index (χ0n) is 12.9. The minimum Gasteiger partial charge on any atom is -0.406 e. The summed E-state index contributed by atoms with van der Waals surface area (Å²) in [5.74, 6) is -0.552. The molecule has 1 aromatic rings. The Bertz CT molecular complexity index is 564. The highest BCUT2D eigenvalue weighted by Gasteiger charge is 2.39. The molecule has 0 aromatic heterocycles. The molecule has 0 aliphatic rings. The first-order chi connectivity index (χ1) is 10.9. The van der Waals surface area contributed by atoms with Crippen molar-refractivity contribution in [3.8, 4) is 5.75 Å². The summed E-state index contributed by atoms with van der Waals surface area (Å²) in [4.78, 5) is 1.12. The molecule has 9 heteroatoms. The van der Waals surface area contributed by atoms with Crippen LogP contribution < -0.4 is 9.64 Å². The molecule has 0 heterocycles. The Hall–Kier alpha value is -1.90. The van der Waals surface area contributed by atoms with Crippen LogP contribution in [0.4, 0.5) is 32.0 Å². The van der Waals surface area contributed by atoms with Gasteiger partial charge in [0.2, 0.25) is 0 Å².